The zero-order chi connectivity index (χ0) is 21.6. The quantitative estimate of drug-likeness (QED) is 0.581. The largest absolute Gasteiger partial charge is 0.416 e. The van der Waals surface area contributed by atoms with E-state index in [4.69, 9.17) is 0 Å². The zero-order valence-electron chi connectivity index (χ0n) is 16.1. The Hall–Kier alpha value is -3.07. The smallest absolute Gasteiger partial charge is 0.304 e. The first kappa shape index (κ1) is 20.2. The predicted octanol–water partition coefficient (Wildman–Crippen LogP) is 4.58. The van der Waals surface area contributed by atoms with Crippen molar-refractivity contribution in [1.29, 1.82) is 0 Å². The highest BCUT2D eigenvalue weighted by Crippen LogP contribution is 2.35. The lowest BCUT2D eigenvalue weighted by atomic mass is 9.97. The van der Waals surface area contributed by atoms with Crippen LogP contribution in [0.15, 0.2) is 47.6 Å². The summed E-state index contributed by atoms with van der Waals surface area (Å²) in [5, 5.41) is 0. The number of halogens is 5. The maximum atomic E-state index is 14.5. The van der Waals surface area contributed by atoms with Crippen LogP contribution in [0.25, 0.3) is 5.69 Å². The van der Waals surface area contributed by atoms with Gasteiger partial charge in [0.05, 0.1) is 41.0 Å². The summed E-state index contributed by atoms with van der Waals surface area (Å²) in [5.74, 6) is -1.32. The van der Waals surface area contributed by atoms with E-state index in [1.54, 1.807) is 10.8 Å². The normalized spacial score (nSPS) is 13.7. The number of benzene rings is 2. The average Bonchev–Trinajstić information content (AvgIpc) is 2.96. The van der Waals surface area contributed by atoms with Crippen LogP contribution in [-0.4, -0.2) is 34.3 Å². The maximum Gasteiger partial charge on any atom is 0.416 e. The van der Waals surface area contributed by atoms with Gasteiger partial charge in [-0.1, -0.05) is 6.07 Å². The molecule has 0 amide bonds. The average molecular weight is 420 g/mol. The minimum atomic E-state index is -4.62. The van der Waals surface area contributed by atoms with Gasteiger partial charge in [-0.25, -0.2) is 13.8 Å². The molecule has 2 aromatic carbocycles. The first-order valence-corrected chi connectivity index (χ1v) is 9.08. The standard InChI is InChI=1S/C21H17F5N4/c1-29(2)11-13-9-27-18-10-28-20(19-15(22)4-3-5-16(19)23)14-8-12(21(24,25)26)6-7-17(14)30(13)18/h3-9H,10-11H2,1-2H3. The van der Waals surface area contributed by atoms with Gasteiger partial charge >= 0.3 is 6.18 Å². The summed E-state index contributed by atoms with van der Waals surface area (Å²) in [5.41, 5.74) is -0.507. The Morgan fingerprint density at radius 3 is 2.40 bits per heavy atom. The van der Waals surface area contributed by atoms with Crippen LogP contribution in [0.3, 0.4) is 0 Å². The monoisotopic (exact) mass is 420 g/mol. The van der Waals surface area contributed by atoms with E-state index in [0.29, 0.717) is 18.1 Å². The van der Waals surface area contributed by atoms with Crippen molar-refractivity contribution in [3.63, 3.8) is 0 Å². The van der Waals surface area contributed by atoms with E-state index in [-0.39, 0.29) is 17.8 Å². The lowest BCUT2D eigenvalue weighted by Crippen LogP contribution is -2.17. The third kappa shape index (κ3) is 3.49. The van der Waals surface area contributed by atoms with E-state index in [9.17, 15) is 22.0 Å². The molecular formula is C21H17F5N4. The first-order valence-electron chi connectivity index (χ1n) is 9.08. The van der Waals surface area contributed by atoms with E-state index >= 15 is 0 Å². The van der Waals surface area contributed by atoms with E-state index in [0.717, 1.165) is 30.0 Å². The maximum absolute atomic E-state index is 14.5. The topological polar surface area (TPSA) is 33.4 Å². The summed E-state index contributed by atoms with van der Waals surface area (Å²) in [6.07, 6.45) is -2.99. The fourth-order valence-corrected chi connectivity index (χ4v) is 3.54. The summed E-state index contributed by atoms with van der Waals surface area (Å²) in [6.45, 7) is 0.434. The molecule has 0 saturated heterocycles. The zero-order valence-corrected chi connectivity index (χ0v) is 16.1. The number of hydrogen-bond donors (Lipinski definition) is 0. The molecule has 0 unspecified atom stereocenters. The SMILES string of the molecule is CN(C)Cc1cnc2n1-c1ccc(C(F)(F)F)cc1C(c1c(F)cccc1F)=NC2. The first-order chi connectivity index (χ1) is 14.2. The summed E-state index contributed by atoms with van der Waals surface area (Å²) in [6, 6.07) is 6.42. The summed E-state index contributed by atoms with van der Waals surface area (Å²) < 4.78 is 71.0. The Bertz CT molecular complexity index is 1120. The summed E-state index contributed by atoms with van der Waals surface area (Å²) >= 11 is 0. The van der Waals surface area contributed by atoms with Gasteiger partial charge < -0.3 is 4.90 Å². The van der Waals surface area contributed by atoms with Crippen molar-refractivity contribution in [1.82, 2.24) is 14.5 Å². The Balaban J connectivity index is 2.01. The van der Waals surface area contributed by atoms with Gasteiger partial charge in [-0.3, -0.25) is 9.56 Å². The van der Waals surface area contributed by atoms with Crippen LogP contribution < -0.4 is 0 Å². The number of aromatic nitrogens is 2. The molecule has 156 valence electrons. The second kappa shape index (κ2) is 7.32. The molecule has 0 atom stereocenters. The van der Waals surface area contributed by atoms with Crippen molar-refractivity contribution in [2.24, 2.45) is 4.99 Å². The van der Waals surface area contributed by atoms with Crippen molar-refractivity contribution in [3.8, 4) is 5.69 Å². The van der Waals surface area contributed by atoms with Crippen LogP contribution in [0.4, 0.5) is 22.0 Å². The van der Waals surface area contributed by atoms with Crippen LogP contribution >= 0.6 is 0 Å². The molecule has 1 aliphatic heterocycles. The third-order valence-electron chi connectivity index (χ3n) is 4.78. The minimum Gasteiger partial charge on any atom is -0.304 e. The fourth-order valence-electron chi connectivity index (χ4n) is 3.54. The third-order valence-corrected chi connectivity index (χ3v) is 4.78. The highest BCUT2D eigenvalue weighted by Gasteiger charge is 2.33. The van der Waals surface area contributed by atoms with Gasteiger partial charge in [-0.05, 0) is 44.4 Å². The van der Waals surface area contributed by atoms with Crippen molar-refractivity contribution in [2.75, 3.05) is 14.1 Å². The summed E-state index contributed by atoms with van der Waals surface area (Å²) in [4.78, 5) is 10.5. The Morgan fingerprint density at radius 2 is 1.77 bits per heavy atom. The molecule has 0 spiro atoms. The second-order valence-electron chi connectivity index (χ2n) is 7.23. The van der Waals surface area contributed by atoms with E-state index < -0.39 is 28.9 Å². The van der Waals surface area contributed by atoms with Crippen molar-refractivity contribution < 1.29 is 22.0 Å². The van der Waals surface area contributed by atoms with Gasteiger partial charge in [0.25, 0.3) is 0 Å². The molecule has 0 N–H and O–H groups in total. The van der Waals surface area contributed by atoms with Gasteiger partial charge in [-0.2, -0.15) is 13.2 Å². The van der Waals surface area contributed by atoms with Crippen molar-refractivity contribution in [3.05, 3.63) is 82.4 Å². The number of imidazole rings is 1. The number of aliphatic imine (C=N–C) groups is 1. The van der Waals surface area contributed by atoms with Gasteiger partial charge in [-0.15, -0.1) is 0 Å². The van der Waals surface area contributed by atoms with Gasteiger partial charge in [0, 0.05) is 12.1 Å². The van der Waals surface area contributed by atoms with E-state index in [2.05, 4.69) is 9.98 Å². The summed E-state index contributed by atoms with van der Waals surface area (Å²) in [7, 11) is 3.70. The molecule has 30 heavy (non-hydrogen) atoms. The minimum absolute atomic E-state index is 0.00872. The lowest BCUT2D eigenvalue weighted by molar-refractivity contribution is -0.137. The number of rotatable bonds is 3. The molecule has 2 heterocycles. The molecule has 3 aromatic rings. The molecule has 0 fully saturated rings. The van der Waals surface area contributed by atoms with Gasteiger partial charge in [0.2, 0.25) is 0 Å². The van der Waals surface area contributed by atoms with Crippen LogP contribution in [0, 0.1) is 11.6 Å². The number of hydrogen-bond acceptors (Lipinski definition) is 3. The predicted molar refractivity (Wildman–Crippen MR) is 102 cm³/mol. The Kier molecular flexibility index (Phi) is 4.93. The van der Waals surface area contributed by atoms with Crippen molar-refractivity contribution >= 4 is 5.71 Å². The molecule has 0 radical (unpaired) electrons. The van der Waals surface area contributed by atoms with E-state index in [1.165, 1.54) is 12.1 Å². The fraction of sp³-hybridized carbons (Fsp3) is 0.238. The van der Waals surface area contributed by atoms with Crippen LogP contribution in [-0.2, 0) is 19.3 Å². The molecule has 9 heteroatoms. The van der Waals surface area contributed by atoms with Crippen LogP contribution in [0.2, 0.25) is 0 Å². The molecule has 4 nitrogen and oxygen atoms in total. The van der Waals surface area contributed by atoms with E-state index in [1.807, 2.05) is 19.0 Å². The van der Waals surface area contributed by atoms with Gasteiger partial charge in [0.1, 0.15) is 17.5 Å². The van der Waals surface area contributed by atoms with Crippen LogP contribution in [0.5, 0.6) is 0 Å². The molecule has 0 aliphatic carbocycles. The Morgan fingerprint density at radius 1 is 1.07 bits per heavy atom. The number of nitrogens with zero attached hydrogens (tertiary/aromatic N) is 4. The molecule has 1 aliphatic rings. The molecule has 0 saturated carbocycles. The van der Waals surface area contributed by atoms with Gasteiger partial charge in [0.15, 0.2) is 0 Å². The molecular weight excluding hydrogens is 403 g/mol. The number of alkyl halides is 3. The molecule has 0 bridgehead atoms. The lowest BCUT2D eigenvalue weighted by Gasteiger charge is -2.18. The second-order valence-corrected chi connectivity index (χ2v) is 7.23. The Labute approximate surface area is 169 Å². The highest BCUT2D eigenvalue weighted by atomic mass is 19.4. The van der Waals surface area contributed by atoms with Crippen molar-refractivity contribution in [2.45, 2.75) is 19.3 Å². The molecule has 4 rings (SSSR count). The molecule has 1 aromatic heterocycles. The number of fused-ring (bicyclic) bond motifs is 3. The van der Waals surface area contributed by atoms with Crippen LogP contribution in [0.1, 0.15) is 28.2 Å². The highest BCUT2D eigenvalue weighted by molar-refractivity contribution is 6.15.